The number of benzene rings is 2. The molecule has 0 aliphatic heterocycles. The lowest BCUT2D eigenvalue weighted by Gasteiger charge is -2.02. The van der Waals surface area contributed by atoms with Crippen molar-refractivity contribution in [1.29, 1.82) is 5.26 Å². The molecule has 22 heavy (non-hydrogen) atoms. The number of hydrogen-bond acceptors (Lipinski definition) is 4. The third kappa shape index (κ3) is 3.25. The van der Waals surface area contributed by atoms with Gasteiger partial charge in [0, 0.05) is 11.6 Å². The van der Waals surface area contributed by atoms with Crippen LogP contribution in [0.2, 0.25) is 0 Å². The van der Waals surface area contributed by atoms with Gasteiger partial charge in [-0.05, 0) is 25.1 Å². The van der Waals surface area contributed by atoms with Gasteiger partial charge in [-0.3, -0.25) is 14.9 Å². The zero-order chi connectivity index (χ0) is 16.1. The summed E-state index contributed by atoms with van der Waals surface area (Å²) in [6, 6.07) is 14.7. The van der Waals surface area contributed by atoms with Crippen LogP contribution in [0, 0.1) is 28.4 Å². The van der Waals surface area contributed by atoms with E-state index in [9.17, 15) is 20.2 Å². The van der Waals surface area contributed by atoms with Gasteiger partial charge in [0.1, 0.15) is 11.6 Å². The third-order valence-corrected chi connectivity index (χ3v) is 3.08. The van der Waals surface area contributed by atoms with E-state index < -0.39 is 10.7 Å². The Balaban J connectivity index is 2.47. The Labute approximate surface area is 127 Å². The standard InChI is InChI=1S/C17H12N2O3/c1-12-5-4-7-14(9-12)17(20)15(11-18)10-13-6-2-3-8-16(13)19(21)22/h2-10H,1H3/b15-10+. The molecule has 0 heterocycles. The lowest BCUT2D eigenvalue weighted by atomic mass is 10.00. The van der Waals surface area contributed by atoms with Crippen LogP contribution in [0.15, 0.2) is 54.1 Å². The number of nitrogens with zero attached hydrogens (tertiary/aromatic N) is 2. The van der Waals surface area contributed by atoms with Gasteiger partial charge in [0.05, 0.1) is 10.5 Å². The number of nitro benzene ring substituents is 1. The van der Waals surface area contributed by atoms with Crippen molar-refractivity contribution in [3.8, 4) is 6.07 Å². The maximum absolute atomic E-state index is 12.4. The molecule has 0 amide bonds. The summed E-state index contributed by atoms with van der Waals surface area (Å²) in [6.07, 6.45) is 1.25. The molecule has 0 bridgehead atoms. The van der Waals surface area contributed by atoms with Crippen molar-refractivity contribution in [2.75, 3.05) is 0 Å². The summed E-state index contributed by atoms with van der Waals surface area (Å²) in [6.45, 7) is 1.84. The molecule has 0 atom stereocenters. The van der Waals surface area contributed by atoms with E-state index in [1.165, 1.54) is 24.3 Å². The molecule has 108 valence electrons. The topological polar surface area (TPSA) is 84.0 Å². The van der Waals surface area contributed by atoms with Crippen molar-refractivity contribution in [2.45, 2.75) is 6.92 Å². The molecular formula is C17H12N2O3. The molecule has 2 rings (SSSR count). The first kappa shape index (κ1) is 15.1. The van der Waals surface area contributed by atoms with E-state index in [0.29, 0.717) is 5.56 Å². The van der Waals surface area contributed by atoms with Gasteiger partial charge in [-0.25, -0.2) is 0 Å². The number of allylic oxidation sites excluding steroid dienone is 1. The van der Waals surface area contributed by atoms with Gasteiger partial charge in [-0.15, -0.1) is 0 Å². The van der Waals surface area contributed by atoms with Crippen LogP contribution in [0.3, 0.4) is 0 Å². The molecule has 0 aliphatic rings. The van der Waals surface area contributed by atoms with Crippen LogP contribution in [0.4, 0.5) is 5.69 Å². The lowest BCUT2D eigenvalue weighted by molar-refractivity contribution is -0.385. The number of carbonyl (C=O) groups excluding carboxylic acids is 1. The highest BCUT2D eigenvalue weighted by Crippen LogP contribution is 2.22. The summed E-state index contributed by atoms with van der Waals surface area (Å²) in [5.74, 6) is -0.454. The molecule has 0 radical (unpaired) electrons. The molecule has 0 unspecified atom stereocenters. The molecule has 0 aliphatic carbocycles. The average molecular weight is 292 g/mol. The Bertz CT molecular complexity index is 817. The summed E-state index contributed by atoms with van der Waals surface area (Å²) >= 11 is 0. The number of nitriles is 1. The summed E-state index contributed by atoms with van der Waals surface area (Å²) in [7, 11) is 0. The van der Waals surface area contributed by atoms with E-state index in [1.807, 2.05) is 19.1 Å². The highest BCUT2D eigenvalue weighted by atomic mass is 16.6. The monoisotopic (exact) mass is 292 g/mol. The quantitative estimate of drug-likeness (QED) is 0.283. The molecule has 5 heteroatoms. The number of hydrogen-bond donors (Lipinski definition) is 0. The summed E-state index contributed by atoms with van der Waals surface area (Å²) in [5, 5.41) is 20.2. The second-order valence-corrected chi connectivity index (χ2v) is 4.68. The number of para-hydroxylation sites is 1. The zero-order valence-corrected chi connectivity index (χ0v) is 11.8. The van der Waals surface area contributed by atoms with E-state index in [-0.39, 0.29) is 16.8 Å². The van der Waals surface area contributed by atoms with Crippen LogP contribution in [0.25, 0.3) is 6.08 Å². The second-order valence-electron chi connectivity index (χ2n) is 4.68. The largest absolute Gasteiger partial charge is 0.288 e. The molecule has 0 fully saturated rings. The minimum Gasteiger partial charge on any atom is -0.288 e. The Morgan fingerprint density at radius 1 is 1.23 bits per heavy atom. The van der Waals surface area contributed by atoms with Crippen molar-refractivity contribution in [1.82, 2.24) is 0 Å². The van der Waals surface area contributed by atoms with Gasteiger partial charge in [-0.2, -0.15) is 5.26 Å². The van der Waals surface area contributed by atoms with Crippen molar-refractivity contribution >= 4 is 17.5 Å². The molecule has 0 spiro atoms. The Morgan fingerprint density at radius 3 is 2.59 bits per heavy atom. The van der Waals surface area contributed by atoms with Crippen LogP contribution in [0.5, 0.6) is 0 Å². The zero-order valence-electron chi connectivity index (χ0n) is 11.8. The smallest absolute Gasteiger partial charge is 0.276 e. The molecule has 0 saturated heterocycles. The minimum atomic E-state index is -0.544. The molecule has 0 saturated carbocycles. The molecule has 2 aromatic rings. The summed E-state index contributed by atoms with van der Waals surface area (Å²) in [4.78, 5) is 22.8. The Morgan fingerprint density at radius 2 is 1.95 bits per heavy atom. The van der Waals surface area contributed by atoms with Gasteiger partial charge in [-0.1, -0.05) is 35.9 Å². The molecule has 2 aromatic carbocycles. The Kier molecular flexibility index (Phi) is 4.44. The highest BCUT2D eigenvalue weighted by Gasteiger charge is 2.16. The second kappa shape index (κ2) is 6.46. The van der Waals surface area contributed by atoms with Crippen molar-refractivity contribution in [2.24, 2.45) is 0 Å². The maximum atomic E-state index is 12.4. The summed E-state index contributed by atoms with van der Waals surface area (Å²) < 4.78 is 0. The van der Waals surface area contributed by atoms with E-state index in [2.05, 4.69) is 0 Å². The number of rotatable bonds is 4. The minimum absolute atomic E-state index is 0.139. The van der Waals surface area contributed by atoms with Gasteiger partial charge in [0.15, 0.2) is 0 Å². The maximum Gasteiger partial charge on any atom is 0.276 e. The number of Topliss-reactive ketones (excluding diaryl/α,β-unsaturated/α-hetero) is 1. The fraction of sp³-hybridized carbons (Fsp3) is 0.0588. The number of aryl methyl sites for hydroxylation is 1. The Hall–Kier alpha value is -3.26. The van der Waals surface area contributed by atoms with E-state index in [4.69, 9.17) is 0 Å². The highest BCUT2D eigenvalue weighted by molar-refractivity contribution is 6.14. The van der Waals surface area contributed by atoms with Crippen LogP contribution < -0.4 is 0 Å². The van der Waals surface area contributed by atoms with Crippen LogP contribution in [-0.2, 0) is 0 Å². The van der Waals surface area contributed by atoms with Gasteiger partial charge >= 0.3 is 0 Å². The first-order valence-corrected chi connectivity index (χ1v) is 6.49. The van der Waals surface area contributed by atoms with Crippen LogP contribution in [-0.4, -0.2) is 10.7 Å². The number of ketones is 1. The predicted molar refractivity (Wildman–Crippen MR) is 82.2 cm³/mol. The van der Waals surface area contributed by atoms with E-state index >= 15 is 0 Å². The molecular weight excluding hydrogens is 280 g/mol. The lowest BCUT2D eigenvalue weighted by Crippen LogP contribution is -2.02. The first-order chi connectivity index (χ1) is 10.5. The van der Waals surface area contributed by atoms with Crippen molar-refractivity contribution < 1.29 is 9.72 Å². The molecule has 0 aromatic heterocycles. The van der Waals surface area contributed by atoms with Gasteiger partial charge in [0.2, 0.25) is 5.78 Å². The van der Waals surface area contributed by atoms with E-state index in [1.54, 1.807) is 24.3 Å². The molecule has 0 N–H and O–H groups in total. The predicted octanol–water partition coefficient (Wildman–Crippen LogP) is 3.69. The van der Waals surface area contributed by atoms with E-state index in [0.717, 1.165) is 5.56 Å². The van der Waals surface area contributed by atoms with Gasteiger partial charge < -0.3 is 0 Å². The van der Waals surface area contributed by atoms with Crippen molar-refractivity contribution in [3.63, 3.8) is 0 Å². The van der Waals surface area contributed by atoms with Gasteiger partial charge in [0.25, 0.3) is 5.69 Å². The normalized spacial score (nSPS) is 10.8. The number of nitro groups is 1. The summed E-state index contributed by atoms with van der Waals surface area (Å²) in [5.41, 5.74) is 1.22. The third-order valence-electron chi connectivity index (χ3n) is 3.08. The van der Waals surface area contributed by atoms with Crippen LogP contribution >= 0.6 is 0 Å². The first-order valence-electron chi connectivity index (χ1n) is 6.49. The number of carbonyl (C=O) groups is 1. The van der Waals surface area contributed by atoms with Crippen molar-refractivity contribution in [3.05, 3.63) is 80.9 Å². The van der Waals surface area contributed by atoms with Crippen LogP contribution in [0.1, 0.15) is 21.5 Å². The average Bonchev–Trinajstić information content (AvgIpc) is 2.52. The fourth-order valence-electron chi connectivity index (χ4n) is 2.02. The fourth-order valence-corrected chi connectivity index (χ4v) is 2.02. The SMILES string of the molecule is Cc1cccc(C(=O)/C(C#N)=C/c2ccccc2[N+](=O)[O-])c1. The molecule has 5 nitrogen and oxygen atoms in total.